The maximum absolute atomic E-state index is 11.1. The second-order valence-corrected chi connectivity index (χ2v) is 5.28. The fourth-order valence-electron chi connectivity index (χ4n) is 1.91. The Balaban J connectivity index is 2.00. The zero-order chi connectivity index (χ0) is 9.26. The largest absolute Gasteiger partial charge is 0.373 e. The van der Waals surface area contributed by atoms with Crippen LogP contribution in [0.4, 0.5) is 0 Å². The van der Waals surface area contributed by atoms with Gasteiger partial charge in [-0.3, -0.25) is 4.79 Å². The minimum absolute atomic E-state index is 0.306. The molecular formula is C10H15NOS. The van der Waals surface area contributed by atoms with Gasteiger partial charge in [-0.2, -0.15) is 11.8 Å². The summed E-state index contributed by atoms with van der Waals surface area (Å²) in [6.07, 6.45) is 3.53. The molecule has 1 aliphatic heterocycles. The molecule has 0 N–H and O–H groups in total. The molecule has 13 heavy (non-hydrogen) atoms. The molecular weight excluding hydrogens is 182 g/mol. The Morgan fingerprint density at radius 1 is 1.54 bits per heavy atom. The molecule has 0 bridgehead atoms. The molecule has 1 heterocycles. The van der Waals surface area contributed by atoms with Crippen LogP contribution in [-0.2, 0) is 4.79 Å². The van der Waals surface area contributed by atoms with Gasteiger partial charge in [0.25, 0.3) is 0 Å². The van der Waals surface area contributed by atoms with E-state index in [4.69, 9.17) is 0 Å². The van der Waals surface area contributed by atoms with Gasteiger partial charge in [-0.1, -0.05) is 6.92 Å². The Hall–Kier alpha value is -0.440. The van der Waals surface area contributed by atoms with Crippen LogP contribution in [0.25, 0.3) is 0 Å². The van der Waals surface area contributed by atoms with Crippen LogP contribution in [0, 0.1) is 0 Å². The van der Waals surface area contributed by atoms with Gasteiger partial charge < -0.3 is 4.90 Å². The van der Waals surface area contributed by atoms with Gasteiger partial charge in [0.05, 0.1) is 0 Å². The molecule has 2 aliphatic rings. The molecule has 1 atom stereocenters. The van der Waals surface area contributed by atoms with Gasteiger partial charge >= 0.3 is 0 Å². The van der Waals surface area contributed by atoms with Crippen molar-refractivity contribution in [3.05, 3.63) is 11.8 Å². The van der Waals surface area contributed by atoms with Crippen LogP contribution >= 0.6 is 11.8 Å². The molecule has 0 aromatic carbocycles. The Bertz CT molecular complexity index is 249. The first kappa shape index (κ1) is 9.13. The Labute approximate surface area is 83.4 Å². The predicted octanol–water partition coefficient (Wildman–Crippen LogP) is 1.67. The second-order valence-electron chi connectivity index (χ2n) is 3.73. The van der Waals surface area contributed by atoms with Gasteiger partial charge in [0.15, 0.2) is 5.78 Å². The third-order valence-electron chi connectivity index (χ3n) is 2.60. The van der Waals surface area contributed by atoms with Crippen molar-refractivity contribution >= 4 is 17.5 Å². The fraction of sp³-hybridized carbons (Fsp3) is 0.700. The van der Waals surface area contributed by atoms with Gasteiger partial charge in [-0.25, -0.2) is 0 Å². The van der Waals surface area contributed by atoms with Crippen molar-refractivity contribution in [1.82, 2.24) is 4.90 Å². The minimum Gasteiger partial charge on any atom is -0.373 e. The van der Waals surface area contributed by atoms with E-state index in [0.29, 0.717) is 11.0 Å². The molecule has 0 spiro atoms. The van der Waals surface area contributed by atoms with E-state index in [1.807, 2.05) is 17.8 Å². The van der Waals surface area contributed by atoms with Crippen LogP contribution in [0.2, 0.25) is 0 Å². The molecule has 0 radical (unpaired) electrons. The summed E-state index contributed by atoms with van der Waals surface area (Å²) in [4.78, 5) is 13.5. The number of carbonyl (C=O) groups excluding carboxylic acids is 1. The molecule has 0 aromatic rings. The van der Waals surface area contributed by atoms with E-state index in [0.717, 1.165) is 25.9 Å². The average molecular weight is 197 g/mol. The van der Waals surface area contributed by atoms with Gasteiger partial charge in [0.1, 0.15) is 0 Å². The predicted molar refractivity (Wildman–Crippen MR) is 55.8 cm³/mol. The number of thioether (sulfide) groups is 1. The number of carbonyl (C=O) groups is 1. The van der Waals surface area contributed by atoms with Crippen LogP contribution in [0.5, 0.6) is 0 Å². The molecule has 0 aromatic heterocycles. The van der Waals surface area contributed by atoms with Gasteiger partial charge in [-0.05, 0) is 6.42 Å². The van der Waals surface area contributed by atoms with Crippen molar-refractivity contribution in [2.24, 2.45) is 0 Å². The SMILES string of the molecule is CC1CN(C2=CC(=O)CC2)CCS1. The monoisotopic (exact) mass is 197 g/mol. The van der Waals surface area contributed by atoms with E-state index < -0.39 is 0 Å². The molecule has 72 valence electrons. The van der Waals surface area contributed by atoms with Gasteiger partial charge in [-0.15, -0.1) is 0 Å². The summed E-state index contributed by atoms with van der Waals surface area (Å²) in [5, 5.41) is 0.713. The van der Waals surface area contributed by atoms with Crippen molar-refractivity contribution in [2.75, 3.05) is 18.8 Å². The number of ketones is 1. The van der Waals surface area contributed by atoms with E-state index in [2.05, 4.69) is 11.8 Å². The average Bonchev–Trinajstić information content (AvgIpc) is 2.52. The summed E-state index contributed by atoms with van der Waals surface area (Å²) in [6, 6.07) is 0. The number of rotatable bonds is 1. The number of hydrogen-bond acceptors (Lipinski definition) is 3. The third kappa shape index (κ3) is 2.08. The summed E-state index contributed by atoms with van der Waals surface area (Å²) < 4.78 is 0. The van der Waals surface area contributed by atoms with E-state index >= 15 is 0 Å². The molecule has 3 heteroatoms. The quantitative estimate of drug-likeness (QED) is 0.638. The zero-order valence-electron chi connectivity index (χ0n) is 7.95. The topological polar surface area (TPSA) is 20.3 Å². The molecule has 2 rings (SSSR count). The number of allylic oxidation sites excluding steroid dienone is 2. The van der Waals surface area contributed by atoms with Crippen molar-refractivity contribution in [3.8, 4) is 0 Å². The summed E-state index contributed by atoms with van der Waals surface area (Å²) in [7, 11) is 0. The lowest BCUT2D eigenvalue weighted by molar-refractivity contribution is -0.114. The van der Waals surface area contributed by atoms with Crippen LogP contribution in [0.3, 0.4) is 0 Å². The van der Waals surface area contributed by atoms with Crippen molar-refractivity contribution < 1.29 is 4.79 Å². The summed E-state index contributed by atoms with van der Waals surface area (Å²) >= 11 is 2.03. The van der Waals surface area contributed by atoms with E-state index in [1.165, 1.54) is 11.4 Å². The first-order valence-electron chi connectivity index (χ1n) is 4.85. The highest BCUT2D eigenvalue weighted by molar-refractivity contribution is 7.99. The summed E-state index contributed by atoms with van der Waals surface area (Å²) in [6.45, 7) is 4.49. The third-order valence-corrected chi connectivity index (χ3v) is 3.74. The van der Waals surface area contributed by atoms with Crippen molar-refractivity contribution in [2.45, 2.75) is 25.0 Å². The van der Waals surface area contributed by atoms with E-state index in [-0.39, 0.29) is 0 Å². The first-order chi connectivity index (χ1) is 6.25. The lowest BCUT2D eigenvalue weighted by Gasteiger charge is -2.33. The summed E-state index contributed by atoms with van der Waals surface area (Å²) in [5.74, 6) is 1.51. The van der Waals surface area contributed by atoms with Crippen LogP contribution < -0.4 is 0 Å². The number of hydrogen-bond donors (Lipinski definition) is 0. The minimum atomic E-state index is 0.306. The molecule has 1 saturated heterocycles. The molecule has 1 aliphatic carbocycles. The molecule has 0 saturated carbocycles. The molecule has 1 fully saturated rings. The second kappa shape index (κ2) is 3.74. The maximum Gasteiger partial charge on any atom is 0.157 e. The number of nitrogens with zero attached hydrogens (tertiary/aromatic N) is 1. The van der Waals surface area contributed by atoms with Gasteiger partial charge in [0, 0.05) is 42.3 Å². The Kier molecular flexibility index (Phi) is 2.63. The van der Waals surface area contributed by atoms with Crippen molar-refractivity contribution in [1.29, 1.82) is 0 Å². The lowest BCUT2D eigenvalue weighted by Crippen LogP contribution is -2.35. The van der Waals surface area contributed by atoms with Crippen molar-refractivity contribution in [3.63, 3.8) is 0 Å². The van der Waals surface area contributed by atoms with E-state index in [9.17, 15) is 4.79 Å². The Morgan fingerprint density at radius 3 is 3.00 bits per heavy atom. The smallest absolute Gasteiger partial charge is 0.157 e. The molecule has 2 nitrogen and oxygen atoms in total. The highest BCUT2D eigenvalue weighted by Gasteiger charge is 2.22. The first-order valence-corrected chi connectivity index (χ1v) is 5.90. The van der Waals surface area contributed by atoms with Gasteiger partial charge in [0.2, 0.25) is 0 Å². The standard InChI is InChI=1S/C10H15NOS/c1-8-7-11(4-5-13-8)9-2-3-10(12)6-9/h6,8H,2-5,7H2,1H3. The fourth-order valence-corrected chi connectivity index (χ4v) is 2.92. The Morgan fingerprint density at radius 2 is 2.38 bits per heavy atom. The highest BCUT2D eigenvalue weighted by atomic mass is 32.2. The highest BCUT2D eigenvalue weighted by Crippen LogP contribution is 2.25. The van der Waals surface area contributed by atoms with Crippen LogP contribution in [0.15, 0.2) is 11.8 Å². The summed E-state index contributed by atoms with van der Waals surface area (Å²) in [5.41, 5.74) is 1.28. The molecule has 0 amide bonds. The normalized spacial score (nSPS) is 29.3. The lowest BCUT2D eigenvalue weighted by atomic mass is 10.3. The molecule has 1 unspecified atom stereocenters. The maximum atomic E-state index is 11.1. The van der Waals surface area contributed by atoms with Crippen LogP contribution in [0.1, 0.15) is 19.8 Å². The zero-order valence-corrected chi connectivity index (χ0v) is 8.77. The van der Waals surface area contributed by atoms with Crippen LogP contribution in [-0.4, -0.2) is 34.8 Å². The van der Waals surface area contributed by atoms with E-state index in [1.54, 1.807) is 0 Å².